The van der Waals surface area contributed by atoms with Crippen LogP contribution in [0.15, 0.2) is 65.7 Å². The largest absolute Gasteiger partial charge is 1.00 e. The summed E-state index contributed by atoms with van der Waals surface area (Å²) < 4.78 is 31.1. The standard InChI is InChI=1S/C24H18BrF2N4O2.BrH/c25-20-8-7-19-22-17(20)3-1-4-18(22)23(32)31(24(19)33)10-2-9-30-14-29(13-28-30)12-15-5-6-16(26)11-21(15)27;/h1,3-8,11,13-14H,2,9-10,12H2;1H/q+1;/p-1. The van der Waals surface area contributed by atoms with Gasteiger partial charge >= 0.3 is 0 Å². The molecule has 1 aliphatic rings. The monoisotopic (exact) mass is 590 g/mol. The van der Waals surface area contributed by atoms with Crippen LogP contribution in [0.4, 0.5) is 8.78 Å². The number of rotatable bonds is 6. The van der Waals surface area contributed by atoms with E-state index >= 15 is 0 Å². The number of aryl methyl sites for hydroxylation is 1. The molecule has 0 atom stereocenters. The molecular weight excluding hydrogens is 574 g/mol. The lowest BCUT2D eigenvalue weighted by Gasteiger charge is -2.27. The number of hydrogen-bond acceptors (Lipinski definition) is 3. The highest BCUT2D eigenvalue weighted by atomic mass is 79.9. The maximum atomic E-state index is 13.9. The van der Waals surface area contributed by atoms with Crippen LogP contribution in [0, 0.1) is 11.6 Å². The third-order valence-corrected chi connectivity index (χ3v) is 6.40. The maximum Gasteiger partial charge on any atom is 0.265 e. The first-order chi connectivity index (χ1) is 15.9. The summed E-state index contributed by atoms with van der Waals surface area (Å²) >= 11 is 3.49. The van der Waals surface area contributed by atoms with Gasteiger partial charge < -0.3 is 17.0 Å². The predicted octanol–water partition coefficient (Wildman–Crippen LogP) is 1.10. The van der Waals surface area contributed by atoms with Gasteiger partial charge in [-0.25, -0.2) is 13.3 Å². The van der Waals surface area contributed by atoms with Gasteiger partial charge in [-0.1, -0.05) is 28.1 Å². The van der Waals surface area contributed by atoms with Crippen molar-refractivity contribution in [2.75, 3.05) is 6.54 Å². The first-order valence-electron chi connectivity index (χ1n) is 10.4. The summed E-state index contributed by atoms with van der Waals surface area (Å²) in [5.74, 6) is -1.85. The van der Waals surface area contributed by atoms with Crippen molar-refractivity contribution in [2.24, 2.45) is 0 Å². The van der Waals surface area contributed by atoms with Gasteiger partial charge in [0.2, 0.25) is 6.33 Å². The first-order valence-corrected chi connectivity index (χ1v) is 11.1. The van der Waals surface area contributed by atoms with Crippen molar-refractivity contribution in [1.82, 2.24) is 14.7 Å². The normalized spacial score (nSPS) is 12.9. The summed E-state index contributed by atoms with van der Waals surface area (Å²) in [6.07, 6.45) is 3.76. The number of halogens is 4. The zero-order valence-electron chi connectivity index (χ0n) is 17.7. The van der Waals surface area contributed by atoms with Gasteiger partial charge in [0, 0.05) is 44.3 Å². The second-order valence-electron chi connectivity index (χ2n) is 7.86. The number of imide groups is 1. The minimum atomic E-state index is -0.620. The summed E-state index contributed by atoms with van der Waals surface area (Å²) in [5.41, 5.74) is 1.38. The zero-order chi connectivity index (χ0) is 23.1. The lowest BCUT2D eigenvalue weighted by Crippen LogP contribution is -3.00. The second kappa shape index (κ2) is 9.71. The highest BCUT2D eigenvalue weighted by molar-refractivity contribution is 9.10. The first kappa shape index (κ1) is 24.2. The van der Waals surface area contributed by atoms with Gasteiger partial charge in [-0.2, -0.15) is 0 Å². The molecule has 0 aliphatic carbocycles. The molecule has 0 unspecified atom stereocenters. The number of amides is 2. The molecular formula is C24H18Br2F2N4O2. The number of nitrogens with zero attached hydrogens (tertiary/aromatic N) is 4. The number of carbonyl (C=O) groups is 2. The van der Waals surface area contributed by atoms with Gasteiger partial charge in [0.05, 0.1) is 6.54 Å². The summed E-state index contributed by atoms with van der Waals surface area (Å²) in [6.45, 7) is 0.926. The number of benzene rings is 3. The van der Waals surface area contributed by atoms with Gasteiger partial charge in [-0.3, -0.25) is 14.5 Å². The SMILES string of the molecule is O=C1c2cccc3c(Br)ccc(c23)C(=O)N1CCCn1c[n+](Cc2ccc(F)cc2F)cn1.[Br-]. The molecule has 1 aliphatic heterocycles. The van der Waals surface area contributed by atoms with E-state index < -0.39 is 11.6 Å². The fraction of sp³-hybridized carbons (Fsp3) is 0.167. The van der Waals surface area contributed by atoms with E-state index in [-0.39, 0.29) is 41.9 Å². The van der Waals surface area contributed by atoms with E-state index in [1.165, 1.54) is 17.0 Å². The molecule has 0 N–H and O–H groups in total. The van der Waals surface area contributed by atoms with Gasteiger partial charge in [-0.05, 0) is 42.1 Å². The van der Waals surface area contributed by atoms with Crippen LogP contribution in [0.25, 0.3) is 10.8 Å². The van der Waals surface area contributed by atoms with E-state index in [1.807, 2.05) is 18.2 Å². The van der Waals surface area contributed by atoms with Crippen molar-refractivity contribution in [3.05, 3.63) is 94.0 Å². The topological polar surface area (TPSA) is 59.1 Å². The van der Waals surface area contributed by atoms with Crippen LogP contribution in [-0.2, 0) is 13.1 Å². The van der Waals surface area contributed by atoms with Crippen LogP contribution in [0.3, 0.4) is 0 Å². The highest BCUT2D eigenvalue weighted by Crippen LogP contribution is 2.34. The molecule has 6 nitrogen and oxygen atoms in total. The molecule has 0 saturated heterocycles. The third kappa shape index (κ3) is 4.39. The molecule has 174 valence electrons. The molecule has 0 fully saturated rings. The van der Waals surface area contributed by atoms with Gasteiger partial charge in [0.15, 0.2) is 0 Å². The van der Waals surface area contributed by atoms with Crippen LogP contribution in [0.1, 0.15) is 32.7 Å². The third-order valence-electron chi connectivity index (χ3n) is 5.71. The second-order valence-corrected chi connectivity index (χ2v) is 8.71. The van der Waals surface area contributed by atoms with Crippen LogP contribution in [-0.4, -0.2) is 33.0 Å². The lowest BCUT2D eigenvalue weighted by atomic mass is 9.94. The molecule has 1 aromatic heterocycles. The van der Waals surface area contributed by atoms with Crippen molar-refractivity contribution in [2.45, 2.75) is 19.5 Å². The molecule has 0 spiro atoms. The molecule has 5 rings (SSSR count). The van der Waals surface area contributed by atoms with E-state index in [9.17, 15) is 18.4 Å². The molecule has 4 aromatic rings. The van der Waals surface area contributed by atoms with Crippen LogP contribution in [0.2, 0.25) is 0 Å². The minimum Gasteiger partial charge on any atom is -1.00 e. The fourth-order valence-corrected chi connectivity index (χ4v) is 4.57. The van der Waals surface area contributed by atoms with E-state index in [4.69, 9.17) is 0 Å². The average Bonchev–Trinajstić information content (AvgIpc) is 3.24. The molecule has 34 heavy (non-hydrogen) atoms. The minimum absolute atomic E-state index is 0. The van der Waals surface area contributed by atoms with Crippen molar-refractivity contribution in [3.63, 3.8) is 0 Å². The molecule has 0 saturated carbocycles. The Labute approximate surface area is 212 Å². The van der Waals surface area contributed by atoms with Crippen molar-refractivity contribution in [3.8, 4) is 0 Å². The summed E-state index contributed by atoms with van der Waals surface area (Å²) in [7, 11) is 0. The Morgan fingerprint density at radius 1 is 0.971 bits per heavy atom. The van der Waals surface area contributed by atoms with Crippen molar-refractivity contribution >= 4 is 38.5 Å². The smallest absolute Gasteiger partial charge is 0.265 e. The Kier molecular flexibility index (Phi) is 6.90. The van der Waals surface area contributed by atoms with Gasteiger partial charge in [0.25, 0.3) is 18.1 Å². The zero-order valence-corrected chi connectivity index (χ0v) is 20.9. The molecule has 10 heteroatoms. The van der Waals surface area contributed by atoms with Crippen molar-refractivity contribution in [1.29, 1.82) is 0 Å². The average molecular weight is 592 g/mol. The summed E-state index contributed by atoms with van der Waals surface area (Å²) in [4.78, 5) is 27.3. The highest BCUT2D eigenvalue weighted by Gasteiger charge is 2.32. The summed E-state index contributed by atoms with van der Waals surface area (Å²) in [5, 5.41) is 5.76. The Balaban J connectivity index is 0.00000274. The van der Waals surface area contributed by atoms with E-state index in [0.717, 1.165) is 15.9 Å². The van der Waals surface area contributed by atoms with E-state index in [0.29, 0.717) is 35.0 Å². The predicted molar refractivity (Wildman–Crippen MR) is 120 cm³/mol. The Bertz CT molecular complexity index is 1400. The fourth-order valence-electron chi connectivity index (χ4n) is 4.11. The molecule has 2 heterocycles. The number of aromatic nitrogens is 3. The van der Waals surface area contributed by atoms with E-state index in [1.54, 1.807) is 34.0 Å². The quantitative estimate of drug-likeness (QED) is 0.249. The Morgan fingerprint density at radius 2 is 1.74 bits per heavy atom. The molecule has 2 amide bonds. The van der Waals surface area contributed by atoms with Gasteiger partial charge in [-0.15, -0.1) is 4.68 Å². The van der Waals surface area contributed by atoms with Crippen LogP contribution in [0.5, 0.6) is 0 Å². The molecule has 0 bridgehead atoms. The number of carbonyl (C=O) groups excluding carboxylic acids is 2. The Hall–Kier alpha value is -2.98. The number of hydrogen-bond donors (Lipinski definition) is 0. The molecule has 3 aromatic carbocycles. The summed E-state index contributed by atoms with van der Waals surface area (Å²) in [6, 6.07) is 12.5. The van der Waals surface area contributed by atoms with Crippen molar-refractivity contribution < 1.29 is 39.9 Å². The Morgan fingerprint density at radius 3 is 2.50 bits per heavy atom. The van der Waals surface area contributed by atoms with Crippen LogP contribution < -0.4 is 21.5 Å². The van der Waals surface area contributed by atoms with Gasteiger partial charge in [0.1, 0.15) is 18.2 Å². The van der Waals surface area contributed by atoms with E-state index in [2.05, 4.69) is 21.0 Å². The molecule has 0 radical (unpaired) electrons. The van der Waals surface area contributed by atoms with Crippen LogP contribution >= 0.6 is 15.9 Å². The lowest BCUT2D eigenvalue weighted by molar-refractivity contribution is -0.689. The maximum absolute atomic E-state index is 13.9.